The second-order valence-electron chi connectivity index (χ2n) is 7.66. The van der Waals surface area contributed by atoms with Gasteiger partial charge in [-0.05, 0) is 35.2 Å². The molecule has 0 unspecified atom stereocenters. The number of alkyl halides is 6. The van der Waals surface area contributed by atoms with Crippen molar-refractivity contribution in [3.63, 3.8) is 0 Å². The summed E-state index contributed by atoms with van der Waals surface area (Å²) in [5, 5.41) is 10.7. The molecule has 0 bridgehead atoms. The molecule has 1 amide bonds. The van der Waals surface area contributed by atoms with E-state index in [-0.39, 0.29) is 28.9 Å². The first-order chi connectivity index (χ1) is 14.3. The number of hydrogen-bond acceptors (Lipinski definition) is 2. The molecule has 3 nitrogen and oxygen atoms in total. The van der Waals surface area contributed by atoms with Gasteiger partial charge in [0.1, 0.15) is 5.76 Å². The number of rotatable bonds is 4. The molecular formula is C22H19F6NO2. The van der Waals surface area contributed by atoms with E-state index in [1.807, 2.05) is 0 Å². The fourth-order valence-corrected chi connectivity index (χ4v) is 3.70. The molecule has 0 aromatic heterocycles. The molecule has 0 aliphatic carbocycles. The molecule has 31 heavy (non-hydrogen) atoms. The smallest absolute Gasteiger partial charge is 0.416 e. The minimum absolute atomic E-state index is 0.0117. The Balaban J connectivity index is 2.05. The van der Waals surface area contributed by atoms with Crippen molar-refractivity contribution in [1.29, 1.82) is 0 Å². The van der Waals surface area contributed by atoms with Crippen LogP contribution in [-0.4, -0.2) is 22.0 Å². The van der Waals surface area contributed by atoms with Crippen LogP contribution in [0, 0.1) is 5.92 Å². The van der Waals surface area contributed by atoms with Crippen molar-refractivity contribution in [3.8, 4) is 0 Å². The van der Waals surface area contributed by atoms with Gasteiger partial charge in [0.2, 0.25) is 0 Å². The van der Waals surface area contributed by atoms with Crippen molar-refractivity contribution in [3.05, 3.63) is 76.5 Å². The number of benzene rings is 2. The number of hydrogen-bond donors (Lipinski definition) is 1. The lowest BCUT2D eigenvalue weighted by Crippen LogP contribution is -2.38. The fourth-order valence-electron chi connectivity index (χ4n) is 3.70. The maximum atomic E-state index is 13.2. The average Bonchev–Trinajstić information content (AvgIpc) is 2.90. The van der Waals surface area contributed by atoms with Gasteiger partial charge in [-0.2, -0.15) is 26.3 Å². The maximum Gasteiger partial charge on any atom is 0.416 e. The van der Waals surface area contributed by atoms with Gasteiger partial charge in [-0.15, -0.1) is 0 Å². The molecule has 0 saturated heterocycles. The van der Waals surface area contributed by atoms with Gasteiger partial charge in [0.15, 0.2) is 0 Å². The van der Waals surface area contributed by atoms with Crippen LogP contribution in [0.25, 0.3) is 5.57 Å². The monoisotopic (exact) mass is 443 g/mol. The number of carbonyl (C=O) groups is 1. The molecule has 1 aliphatic heterocycles. The van der Waals surface area contributed by atoms with Gasteiger partial charge in [0.05, 0.1) is 22.7 Å². The molecule has 3 rings (SSSR count). The second-order valence-corrected chi connectivity index (χ2v) is 7.66. The van der Waals surface area contributed by atoms with E-state index in [9.17, 15) is 36.2 Å². The summed E-state index contributed by atoms with van der Waals surface area (Å²) in [6.45, 7) is 2.87. The standard InChI is InChI=1S/C22H19F6NO2/c1-12(2)18-19(30)17(14-6-4-3-5-7-14)20(31)29(18)11-13-8-15(21(23,24)25)10-16(9-13)22(26,27)28/h3-10,12,18,30H,11H2,1-2H3/t18-/m1/s1. The molecule has 1 heterocycles. The Labute approximate surface area is 174 Å². The van der Waals surface area contributed by atoms with E-state index in [0.29, 0.717) is 17.7 Å². The highest BCUT2D eigenvalue weighted by Gasteiger charge is 2.42. The van der Waals surface area contributed by atoms with Crippen LogP contribution in [0.1, 0.15) is 36.1 Å². The van der Waals surface area contributed by atoms with Crippen molar-refractivity contribution in [1.82, 2.24) is 4.90 Å². The Morgan fingerprint density at radius 1 is 0.935 bits per heavy atom. The third-order valence-corrected chi connectivity index (χ3v) is 5.04. The van der Waals surface area contributed by atoms with Crippen LogP contribution in [-0.2, 0) is 23.7 Å². The summed E-state index contributed by atoms with van der Waals surface area (Å²) >= 11 is 0. The molecule has 1 atom stereocenters. The van der Waals surface area contributed by atoms with Crippen molar-refractivity contribution in [2.24, 2.45) is 5.92 Å². The van der Waals surface area contributed by atoms with Gasteiger partial charge < -0.3 is 10.0 Å². The van der Waals surface area contributed by atoms with Gasteiger partial charge in [0.25, 0.3) is 5.91 Å². The largest absolute Gasteiger partial charge is 0.509 e. The SMILES string of the molecule is CC(C)[C@@H]1C(O)=C(c2ccccc2)C(=O)N1Cc1cc(C(F)(F)F)cc(C(F)(F)F)c1. The molecular weight excluding hydrogens is 424 g/mol. The Hall–Kier alpha value is -2.97. The summed E-state index contributed by atoms with van der Waals surface area (Å²) in [6, 6.07) is 8.55. The lowest BCUT2D eigenvalue weighted by molar-refractivity contribution is -0.143. The average molecular weight is 443 g/mol. The highest BCUT2D eigenvalue weighted by atomic mass is 19.4. The first kappa shape index (κ1) is 22.7. The van der Waals surface area contributed by atoms with Crippen LogP contribution in [0.5, 0.6) is 0 Å². The number of nitrogens with zero attached hydrogens (tertiary/aromatic N) is 1. The molecule has 166 valence electrons. The predicted octanol–water partition coefficient (Wildman–Crippen LogP) is 6.06. The number of halogens is 6. The van der Waals surface area contributed by atoms with Gasteiger partial charge in [0, 0.05) is 6.54 Å². The second kappa shape index (κ2) is 7.94. The zero-order valence-electron chi connectivity index (χ0n) is 16.6. The highest BCUT2D eigenvalue weighted by Crippen LogP contribution is 2.39. The first-order valence-corrected chi connectivity index (χ1v) is 9.38. The summed E-state index contributed by atoms with van der Waals surface area (Å²) in [5.74, 6) is -1.25. The zero-order valence-corrected chi connectivity index (χ0v) is 16.6. The van der Waals surface area contributed by atoms with Crippen LogP contribution >= 0.6 is 0 Å². The van der Waals surface area contributed by atoms with Crippen LogP contribution in [0.4, 0.5) is 26.3 Å². The number of aliphatic hydroxyl groups excluding tert-OH is 1. The van der Waals surface area contributed by atoms with Gasteiger partial charge in [-0.3, -0.25) is 4.79 Å². The van der Waals surface area contributed by atoms with E-state index < -0.39 is 42.0 Å². The molecule has 9 heteroatoms. The number of amides is 1. The summed E-state index contributed by atoms with van der Waals surface area (Å²) < 4.78 is 79.1. The summed E-state index contributed by atoms with van der Waals surface area (Å²) in [4.78, 5) is 14.2. The first-order valence-electron chi connectivity index (χ1n) is 9.38. The topological polar surface area (TPSA) is 40.5 Å². The molecule has 0 fully saturated rings. The van der Waals surface area contributed by atoms with Crippen molar-refractivity contribution < 1.29 is 36.2 Å². The Morgan fingerprint density at radius 3 is 1.90 bits per heavy atom. The molecule has 0 saturated carbocycles. The van der Waals surface area contributed by atoms with E-state index in [1.165, 1.54) is 0 Å². The van der Waals surface area contributed by atoms with E-state index in [0.717, 1.165) is 4.90 Å². The summed E-state index contributed by atoms with van der Waals surface area (Å²) in [5.41, 5.74) is -2.83. The highest BCUT2D eigenvalue weighted by molar-refractivity contribution is 6.22. The van der Waals surface area contributed by atoms with E-state index in [1.54, 1.807) is 44.2 Å². The maximum absolute atomic E-state index is 13.2. The minimum atomic E-state index is -4.99. The normalized spacial score (nSPS) is 17.8. The quantitative estimate of drug-likeness (QED) is 0.584. The zero-order chi connectivity index (χ0) is 23.1. The minimum Gasteiger partial charge on any atom is -0.509 e. The third kappa shape index (κ3) is 4.55. The van der Waals surface area contributed by atoms with E-state index in [2.05, 4.69) is 0 Å². The molecule has 2 aromatic rings. The van der Waals surface area contributed by atoms with Gasteiger partial charge in [-0.1, -0.05) is 44.2 Å². The summed E-state index contributed by atoms with van der Waals surface area (Å²) in [6.07, 6.45) is -9.98. The number of aliphatic hydroxyl groups is 1. The van der Waals surface area contributed by atoms with E-state index in [4.69, 9.17) is 0 Å². The Morgan fingerprint density at radius 2 is 1.45 bits per heavy atom. The van der Waals surface area contributed by atoms with Crippen molar-refractivity contribution in [2.45, 2.75) is 38.8 Å². The lowest BCUT2D eigenvalue weighted by Gasteiger charge is -2.29. The molecule has 0 radical (unpaired) electrons. The molecule has 1 aliphatic rings. The lowest BCUT2D eigenvalue weighted by atomic mass is 9.99. The number of carbonyl (C=O) groups excluding carboxylic acids is 1. The summed E-state index contributed by atoms with van der Waals surface area (Å²) in [7, 11) is 0. The van der Waals surface area contributed by atoms with Crippen LogP contribution in [0.2, 0.25) is 0 Å². The van der Waals surface area contributed by atoms with E-state index >= 15 is 0 Å². The van der Waals surface area contributed by atoms with Crippen LogP contribution < -0.4 is 0 Å². The van der Waals surface area contributed by atoms with Gasteiger partial charge in [-0.25, -0.2) is 0 Å². The van der Waals surface area contributed by atoms with Crippen LogP contribution in [0.3, 0.4) is 0 Å². The van der Waals surface area contributed by atoms with Crippen molar-refractivity contribution >= 4 is 11.5 Å². The molecule has 0 spiro atoms. The van der Waals surface area contributed by atoms with Gasteiger partial charge >= 0.3 is 12.4 Å². The molecule has 2 aromatic carbocycles. The third-order valence-electron chi connectivity index (χ3n) is 5.04. The van der Waals surface area contributed by atoms with Crippen LogP contribution in [0.15, 0.2) is 54.3 Å². The predicted molar refractivity (Wildman–Crippen MR) is 102 cm³/mol. The Kier molecular flexibility index (Phi) is 5.82. The molecule has 1 N–H and O–H groups in total. The fraction of sp³-hybridized carbons (Fsp3) is 0.318. The van der Waals surface area contributed by atoms with Crippen molar-refractivity contribution in [2.75, 3.05) is 0 Å². The Bertz CT molecular complexity index is 977.